The lowest BCUT2D eigenvalue weighted by Gasteiger charge is -2.31. The van der Waals surface area contributed by atoms with Crippen LogP contribution < -0.4 is 4.72 Å². The molecule has 128 valence electrons. The van der Waals surface area contributed by atoms with Crippen molar-refractivity contribution in [2.24, 2.45) is 0 Å². The molecule has 0 bridgehead atoms. The summed E-state index contributed by atoms with van der Waals surface area (Å²) in [6, 6.07) is 7.83. The summed E-state index contributed by atoms with van der Waals surface area (Å²) >= 11 is 0. The smallest absolute Gasteiger partial charge is 0.289 e. The van der Waals surface area contributed by atoms with Crippen LogP contribution in [-0.4, -0.2) is 38.4 Å². The molecule has 2 aromatic rings. The highest BCUT2D eigenvalue weighted by molar-refractivity contribution is 7.89. The molecule has 3 rings (SSSR count). The predicted octanol–water partition coefficient (Wildman–Crippen LogP) is 2.00. The Balaban J connectivity index is 1.60. The first-order valence-electron chi connectivity index (χ1n) is 7.56. The van der Waals surface area contributed by atoms with Crippen LogP contribution in [0, 0.1) is 5.82 Å². The predicted molar refractivity (Wildman–Crippen MR) is 84.4 cm³/mol. The van der Waals surface area contributed by atoms with Crippen molar-refractivity contribution in [2.45, 2.75) is 23.8 Å². The third kappa shape index (κ3) is 3.65. The van der Waals surface area contributed by atoms with Crippen molar-refractivity contribution >= 4 is 15.9 Å². The summed E-state index contributed by atoms with van der Waals surface area (Å²) in [5.41, 5.74) is 0. The summed E-state index contributed by atoms with van der Waals surface area (Å²) in [4.78, 5) is 13.7. The topological polar surface area (TPSA) is 79.6 Å². The van der Waals surface area contributed by atoms with Crippen molar-refractivity contribution in [1.29, 1.82) is 0 Å². The van der Waals surface area contributed by atoms with Crippen LogP contribution in [0.2, 0.25) is 0 Å². The Morgan fingerprint density at radius 3 is 2.58 bits per heavy atom. The average molecular weight is 352 g/mol. The molecule has 1 aliphatic rings. The Labute approximate surface area is 139 Å². The second kappa shape index (κ2) is 6.74. The molecule has 0 unspecified atom stereocenters. The van der Waals surface area contributed by atoms with Gasteiger partial charge in [-0.15, -0.1) is 0 Å². The molecule has 0 aliphatic carbocycles. The zero-order valence-electron chi connectivity index (χ0n) is 12.8. The van der Waals surface area contributed by atoms with Gasteiger partial charge >= 0.3 is 0 Å². The first kappa shape index (κ1) is 16.7. The molecule has 0 radical (unpaired) electrons. The van der Waals surface area contributed by atoms with Crippen LogP contribution in [0.5, 0.6) is 0 Å². The molecule has 6 nitrogen and oxygen atoms in total. The minimum absolute atomic E-state index is 0.100. The summed E-state index contributed by atoms with van der Waals surface area (Å²) in [6.45, 7) is 0.853. The Morgan fingerprint density at radius 2 is 1.96 bits per heavy atom. The number of halogens is 1. The molecule has 0 saturated carbocycles. The van der Waals surface area contributed by atoms with E-state index in [2.05, 4.69) is 4.72 Å². The Bertz CT molecular complexity index is 812. The highest BCUT2D eigenvalue weighted by Crippen LogP contribution is 2.17. The molecule has 1 N–H and O–H groups in total. The molecular formula is C16H17FN2O4S. The average Bonchev–Trinajstić information content (AvgIpc) is 3.09. The summed E-state index contributed by atoms with van der Waals surface area (Å²) in [5, 5.41) is 0. The van der Waals surface area contributed by atoms with Gasteiger partial charge in [0.25, 0.3) is 5.91 Å². The van der Waals surface area contributed by atoms with Crippen LogP contribution in [-0.2, 0) is 10.0 Å². The minimum Gasteiger partial charge on any atom is -0.459 e. The van der Waals surface area contributed by atoms with Gasteiger partial charge in [-0.2, -0.15) is 0 Å². The first-order chi connectivity index (χ1) is 11.5. The number of rotatable bonds is 4. The molecule has 8 heteroatoms. The molecule has 2 heterocycles. The highest BCUT2D eigenvalue weighted by Gasteiger charge is 2.28. The minimum atomic E-state index is -3.78. The number of piperidine rings is 1. The van der Waals surface area contributed by atoms with Gasteiger partial charge < -0.3 is 9.32 Å². The number of sulfonamides is 1. The largest absolute Gasteiger partial charge is 0.459 e. The van der Waals surface area contributed by atoms with Gasteiger partial charge in [0.1, 0.15) is 5.82 Å². The molecule has 1 aliphatic heterocycles. The first-order valence-corrected chi connectivity index (χ1v) is 9.05. The number of amides is 1. The molecule has 1 aromatic heterocycles. The van der Waals surface area contributed by atoms with Gasteiger partial charge in [0, 0.05) is 19.1 Å². The number of hydrogen-bond acceptors (Lipinski definition) is 4. The Hall–Kier alpha value is -2.19. The second-order valence-electron chi connectivity index (χ2n) is 5.62. The van der Waals surface area contributed by atoms with E-state index in [0.717, 1.165) is 6.07 Å². The third-order valence-electron chi connectivity index (χ3n) is 3.94. The second-order valence-corrected chi connectivity index (χ2v) is 7.34. The summed E-state index contributed by atoms with van der Waals surface area (Å²) < 4.78 is 45.4. The van der Waals surface area contributed by atoms with Crippen LogP contribution in [0.1, 0.15) is 23.4 Å². The van der Waals surface area contributed by atoms with Crippen LogP contribution >= 0.6 is 0 Å². The number of nitrogens with one attached hydrogen (secondary N) is 1. The fourth-order valence-electron chi connectivity index (χ4n) is 2.68. The standard InChI is InChI=1S/C16H17FN2O4S/c17-12-3-1-4-14(11-12)24(21,22)18-13-6-8-19(9-7-13)16(20)15-5-2-10-23-15/h1-5,10-11,13,18H,6-9H2. The highest BCUT2D eigenvalue weighted by atomic mass is 32.2. The van der Waals surface area contributed by atoms with Crippen molar-refractivity contribution < 1.29 is 22.0 Å². The Kier molecular flexibility index (Phi) is 4.68. The maximum Gasteiger partial charge on any atom is 0.289 e. The van der Waals surface area contributed by atoms with Crippen LogP contribution in [0.3, 0.4) is 0 Å². The van der Waals surface area contributed by atoms with Gasteiger partial charge in [-0.25, -0.2) is 17.5 Å². The van der Waals surface area contributed by atoms with Crippen molar-refractivity contribution in [3.05, 3.63) is 54.2 Å². The van der Waals surface area contributed by atoms with E-state index in [1.807, 2.05) is 0 Å². The van der Waals surface area contributed by atoms with E-state index in [1.165, 1.54) is 24.5 Å². The van der Waals surface area contributed by atoms with Crippen molar-refractivity contribution in [2.75, 3.05) is 13.1 Å². The van der Waals surface area contributed by atoms with E-state index < -0.39 is 15.8 Å². The molecule has 1 aromatic carbocycles. The number of hydrogen-bond donors (Lipinski definition) is 1. The number of carbonyl (C=O) groups excluding carboxylic acids is 1. The lowest BCUT2D eigenvalue weighted by atomic mass is 10.1. The molecular weight excluding hydrogens is 335 g/mol. The monoisotopic (exact) mass is 352 g/mol. The van der Waals surface area contributed by atoms with Gasteiger partial charge in [0.05, 0.1) is 11.2 Å². The molecule has 0 atom stereocenters. The van der Waals surface area contributed by atoms with E-state index in [4.69, 9.17) is 4.42 Å². The molecule has 1 saturated heterocycles. The van der Waals surface area contributed by atoms with Gasteiger partial charge in [-0.3, -0.25) is 4.79 Å². The van der Waals surface area contributed by atoms with Gasteiger partial charge in [0.15, 0.2) is 5.76 Å². The SMILES string of the molecule is O=C(c1ccco1)N1CCC(NS(=O)(=O)c2cccc(F)c2)CC1. The van der Waals surface area contributed by atoms with E-state index in [1.54, 1.807) is 17.0 Å². The lowest BCUT2D eigenvalue weighted by molar-refractivity contribution is 0.0679. The van der Waals surface area contributed by atoms with Crippen molar-refractivity contribution in [1.82, 2.24) is 9.62 Å². The summed E-state index contributed by atoms with van der Waals surface area (Å²) in [5.74, 6) is -0.531. The lowest BCUT2D eigenvalue weighted by Crippen LogP contribution is -2.46. The quantitative estimate of drug-likeness (QED) is 0.913. The molecule has 1 fully saturated rings. The zero-order valence-corrected chi connectivity index (χ0v) is 13.6. The molecule has 1 amide bonds. The van der Waals surface area contributed by atoms with Gasteiger partial charge in [0.2, 0.25) is 10.0 Å². The van der Waals surface area contributed by atoms with E-state index >= 15 is 0 Å². The molecule has 24 heavy (non-hydrogen) atoms. The van der Waals surface area contributed by atoms with Gasteiger partial charge in [-0.05, 0) is 43.2 Å². The normalized spacial score (nSPS) is 16.3. The van der Waals surface area contributed by atoms with Crippen molar-refractivity contribution in [3.8, 4) is 0 Å². The van der Waals surface area contributed by atoms with E-state index in [0.29, 0.717) is 25.9 Å². The van der Waals surface area contributed by atoms with Gasteiger partial charge in [-0.1, -0.05) is 6.07 Å². The fraction of sp³-hybridized carbons (Fsp3) is 0.312. The number of nitrogens with zero attached hydrogens (tertiary/aromatic N) is 1. The number of carbonyl (C=O) groups is 1. The number of furan rings is 1. The third-order valence-corrected chi connectivity index (χ3v) is 5.46. The van der Waals surface area contributed by atoms with Crippen molar-refractivity contribution in [3.63, 3.8) is 0 Å². The van der Waals surface area contributed by atoms with E-state index in [9.17, 15) is 17.6 Å². The van der Waals surface area contributed by atoms with Crippen LogP contribution in [0.25, 0.3) is 0 Å². The number of likely N-dealkylation sites (tertiary alicyclic amines) is 1. The fourth-order valence-corrected chi connectivity index (χ4v) is 4.01. The summed E-state index contributed by atoms with van der Waals surface area (Å²) in [7, 11) is -3.78. The molecule has 0 spiro atoms. The number of benzene rings is 1. The van der Waals surface area contributed by atoms with E-state index in [-0.39, 0.29) is 22.6 Å². The zero-order chi connectivity index (χ0) is 17.2. The summed E-state index contributed by atoms with van der Waals surface area (Å²) in [6.07, 6.45) is 2.41. The Morgan fingerprint density at radius 1 is 1.21 bits per heavy atom. The maximum atomic E-state index is 13.2. The maximum absolute atomic E-state index is 13.2. The van der Waals surface area contributed by atoms with Crippen LogP contribution in [0.15, 0.2) is 52.0 Å². The van der Waals surface area contributed by atoms with Crippen LogP contribution in [0.4, 0.5) is 4.39 Å².